The van der Waals surface area contributed by atoms with E-state index >= 15 is 0 Å². The van der Waals surface area contributed by atoms with Gasteiger partial charge in [-0.3, -0.25) is 9.59 Å². The second-order valence-corrected chi connectivity index (χ2v) is 11.3. The van der Waals surface area contributed by atoms with Gasteiger partial charge < -0.3 is 10.3 Å². The SMILES string of the molecule is CCc1cccc(C)c1NC(=O)C(C)Sc1nc2scc(-c3ccc4c(c3)CCCC4)c2c(=O)[nH]1. The van der Waals surface area contributed by atoms with Crippen LogP contribution in [-0.2, 0) is 24.1 Å². The molecule has 0 radical (unpaired) electrons. The molecule has 1 aliphatic rings. The molecule has 0 bridgehead atoms. The summed E-state index contributed by atoms with van der Waals surface area (Å²) in [4.78, 5) is 34.4. The van der Waals surface area contributed by atoms with E-state index in [4.69, 9.17) is 4.98 Å². The van der Waals surface area contributed by atoms with Crippen LogP contribution in [0, 0.1) is 6.92 Å². The monoisotopic (exact) mass is 503 g/mol. The first-order chi connectivity index (χ1) is 16.9. The lowest BCUT2D eigenvalue weighted by molar-refractivity contribution is -0.115. The first-order valence-corrected chi connectivity index (χ1v) is 13.9. The molecule has 5 rings (SSSR count). The smallest absolute Gasteiger partial charge is 0.260 e. The van der Waals surface area contributed by atoms with Crippen LogP contribution in [-0.4, -0.2) is 21.1 Å². The van der Waals surface area contributed by atoms with Crippen molar-refractivity contribution in [1.82, 2.24) is 9.97 Å². The number of nitrogens with one attached hydrogen (secondary N) is 2. The molecule has 1 aliphatic carbocycles. The van der Waals surface area contributed by atoms with Crippen LogP contribution in [0.5, 0.6) is 0 Å². The summed E-state index contributed by atoms with van der Waals surface area (Å²) in [6, 6.07) is 12.6. The summed E-state index contributed by atoms with van der Waals surface area (Å²) in [6.45, 7) is 5.91. The molecule has 2 aromatic heterocycles. The zero-order valence-corrected chi connectivity index (χ0v) is 21.9. The molecule has 2 heterocycles. The number of benzene rings is 2. The van der Waals surface area contributed by atoms with Gasteiger partial charge >= 0.3 is 0 Å². The zero-order valence-electron chi connectivity index (χ0n) is 20.2. The predicted octanol–water partition coefficient (Wildman–Crippen LogP) is 6.52. The average molecular weight is 504 g/mol. The van der Waals surface area contributed by atoms with Gasteiger partial charge in [0.15, 0.2) is 5.16 Å². The Morgan fingerprint density at radius 2 is 2.00 bits per heavy atom. The first-order valence-electron chi connectivity index (χ1n) is 12.1. The Labute approximate surface area is 213 Å². The molecule has 2 aromatic carbocycles. The number of aromatic nitrogens is 2. The van der Waals surface area contributed by atoms with E-state index in [2.05, 4.69) is 35.4 Å². The standard InChI is InChI=1S/C28H29N3O2S2/c1-4-18-11-7-8-16(2)24(18)29-25(32)17(3)35-28-30-26(33)23-22(15-34-27(23)31-28)21-13-12-19-9-5-6-10-20(19)14-21/h7-8,11-15,17H,4-6,9-10H2,1-3H3,(H,29,32)(H,30,31,33). The van der Waals surface area contributed by atoms with Crippen LogP contribution in [0.15, 0.2) is 51.7 Å². The largest absolute Gasteiger partial charge is 0.325 e. The fraction of sp³-hybridized carbons (Fsp3) is 0.321. The second-order valence-electron chi connectivity index (χ2n) is 9.10. The number of anilines is 1. The van der Waals surface area contributed by atoms with Crippen molar-refractivity contribution in [3.8, 4) is 11.1 Å². The third kappa shape index (κ3) is 4.80. The third-order valence-corrected chi connectivity index (χ3v) is 8.58. The van der Waals surface area contributed by atoms with Crippen molar-refractivity contribution >= 4 is 44.9 Å². The number of rotatable bonds is 6. The van der Waals surface area contributed by atoms with Crippen LogP contribution in [0.3, 0.4) is 0 Å². The molecule has 1 atom stereocenters. The lowest BCUT2D eigenvalue weighted by atomic mass is 9.89. The van der Waals surface area contributed by atoms with Gasteiger partial charge in [-0.25, -0.2) is 4.98 Å². The maximum atomic E-state index is 13.1. The number of thioether (sulfide) groups is 1. The van der Waals surface area contributed by atoms with Crippen molar-refractivity contribution in [2.45, 2.75) is 63.3 Å². The number of nitrogens with zero attached hydrogens (tertiary/aromatic N) is 1. The molecule has 180 valence electrons. The number of para-hydroxylation sites is 1. The van der Waals surface area contributed by atoms with Gasteiger partial charge in [0.25, 0.3) is 5.56 Å². The highest BCUT2D eigenvalue weighted by Gasteiger charge is 2.20. The van der Waals surface area contributed by atoms with Gasteiger partial charge in [-0.1, -0.05) is 55.1 Å². The van der Waals surface area contributed by atoms with Gasteiger partial charge in [0.1, 0.15) is 4.83 Å². The normalized spacial score (nSPS) is 14.0. The molecule has 1 unspecified atom stereocenters. The fourth-order valence-electron chi connectivity index (χ4n) is 4.75. The number of hydrogen-bond acceptors (Lipinski definition) is 5. The number of fused-ring (bicyclic) bond motifs is 2. The summed E-state index contributed by atoms with van der Waals surface area (Å²) >= 11 is 2.75. The Bertz CT molecular complexity index is 1470. The van der Waals surface area contributed by atoms with E-state index in [0.29, 0.717) is 15.4 Å². The lowest BCUT2D eigenvalue weighted by Gasteiger charge is -2.16. The quantitative estimate of drug-likeness (QED) is 0.232. The van der Waals surface area contributed by atoms with Gasteiger partial charge in [0.05, 0.1) is 10.6 Å². The first kappa shape index (κ1) is 23.8. The minimum Gasteiger partial charge on any atom is -0.325 e. The predicted molar refractivity (Wildman–Crippen MR) is 147 cm³/mol. The highest BCUT2D eigenvalue weighted by atomic mass is 32.2. The average Bonchev–Trinajstić information content (AvgIpc) is 3.29. The summed E-state index contributed by atoms with van der Waals surface area (Å²) in [5.41, 5.74) is 7.68. The summed E-state index contributed by atoms with van der Waals surface area (Å²) < 4.78 is 0. The highest BCUT2D eigenvalue weighted by Crippen LogP contribution is 2.34. The van der Waals surface area contributed by atoms with Crippen LogP contribution in [0.1, 0.15) is 48.9 Å². The summed E-state index contributed by atoms with van der Waals surface area (Å²) in [7, 11) is 0. The minimum absolute atomic E-state index is 0.109. The molecule has 4 aromatic rings. The Morgan fingerprint density at radius 1 is 1.20 bits per heavy atom. The van der Waals surface area contributed by atoms with Crippen molar-refractivity contribution in [3.05, 3.63) is 74.4 Å². The van der Waals surface area contributed by atoms with Crippen LogP contribution in [0.2, 0.25) is 0 Å². The topological polar surface area (TPSA) is 74.8 Å². The van der Waals surface area contributed by atoms with E-state index < -0.39 is 5.25 Å². The molecule has 0 saturated carbocycles. The highest BCUT2D eigenvalue weighted by molar-refractivity contribution is 8.00. The number of H-pyrrole nitrogens is 1. The summed E-state index contributed by atoms with van der Waals surface area (Å²) in [5.74, 6) is -0.109. The summed E-state index contributed by atoms with van der Waals surface area (Å²) in [6.07, 6.45) is 5.55. The number of carbonyl (C=O) groups excluding carboxylic acids is 1. The van der Waals surface area contributed by atoms with Gasteiger partial charge in [-0.05, 0) is 73.8 Å². The van der Waals surface area contributed by atoms with Gasteiger partial charge in [0, 0.05) is 16.6 Å². The Kier molecular flexibility index (Phi) is 6.80. The van der Waals surface area contributed by atoms with Crippen molar-refractivity contribution < 1.29 is 4.79 Å². The van der Waals surface area contributed by atoms with E-state index in [0.717, 1.165) is 47.2 Å². The van der Waals surface area contributed by atoms with Crippen LogP contribution >= 0.6 is 23.1 Å². The zero-order chi connectivity index (χ0) is 24.5. The number of hydrogen-bond donors (Lipinski definition) is 2. The Hall–Kier alpha value is -2.90. The number of thiophene rings is 1. The third-order valence-electron chi connectivity index (χ3n) is 6.73. The molecular weight excluding hydrogens is 474 g/mol. The second kappa shape index (κ2) is 9.99. The van der Waals surface area contributed by atoms with Crippen LogP contribution in [0.4, 0.5) is 5.69 Å². The maximum absolute atomic E-state index is 13.1. The van der Waals surface area contributed by atoms with E-state index in [1.165, 1.54) is 47.1 Å². The number of aryl methyl sites for hydroxylation is 4. The van der Waals surface area contributed by atoms with E-state index in [1.807, 2.05) is 37.4 Å². The van der Waals surface area contributed by atoms with Crippen LogP contribution in [0.25, 0.3) is 21.3 Å². The number of carbonyl (C=O) groups is 1. The molecule has 2 N–H and O–H groups in total. The maximum Gasteiger partial charge on any atom is 0.260 e. The lowest BCUT2D eigenvalue weighted by Crippen LogP contribution is -2.24. The minimum atomic E-state index is -0.417. The fourth-order valence-corrected chi connectivity index (χ4v) is 6.55. The Balaban J connectivity index is 1.38. The van der Waals surface area contributed by atoms with Gasteiger partial charge in [0.2, 0.25) is 5.91 Å². The molecule has 5 nitrogen and oxygen atoms in total. The van der Waals surface area contributed by atoms with E-state index in [-0.39, 0.29) is 11.5 Å². The van der Waals surface area contributed by atoms with Crippen LogP contribution < -0.4 is 10.9 Å². The van der Waals surface area contributed by atoms with E-state index in [1.54, 1.807) is 0 Å². The Morgan fingerprint density at radius 3 is 2.80 bits per heavy atom. The van der Waals surface area contributed by atoms with E-state index in [9.17, 15) is 9.59 Å². The van der Waals surface area contributed by atoms with Crippen molar-refractivity contribution in [2.75, 3.05) is 5.32 Å². The molecule has 0 fully saturated rings. The molecule has 35 heavy (non-hydrogen) atoms. The van der Waals surface area contributed by atoms with Gasteiger partial charge in [-0.2, -0.15) is 0 Å². The number of amides is 1. The van der Waals surface area contributed by atoms with Crippen molar-refractivity contribution in [3.63, 3.8) is 0 Å². The van der Waals surface area contributed by atoms with Crippen molar-refractivity contribution in [1.29, 1.82) is 0 Å². The molecular formula is C28H29N3O2S2. The molecule has 7 heteroatoms. The van der Waals surface area contributed by atoms with Crippen molar-refractivity contribution in [2.24, 2.45) is 0 Å². The molecule has 1 amide bonds. The molecule has 0 saturated heterocycles. The van der Waals surface area contributed by atoms with Gasteiger partial charge in [-0.15, -0.1) is 11.3 Å². The summed E-state index contributed by atoms with van der Waals surface area (Å²) in [5, 5.41) is 5.77. The molecule has 0 aliphatic heterocycles. The number of aromatic amines is 1. The molecule has 0 spiro atoms.